The van der Waals surface area contributed by atoms with Crippen LogP contribution >= 0.6 is 0 Å². The molecule has 0 aromatic heterocycles. The second kappa shape index (κ2) is 7.47. The highest BCUT2D eigenvalue weighted by Gasteiger charge is 2.25. The van der Waals surface area contributed by atoms with Gasteiger partial charge in [0, 0.05) is 12.1 Å². The van der Waals surface area contributed by atoms with Crippen LogP contribution in [0.1, 0.15) is 52.2 Å². The Morgan fingerprint density at radius 1 is 1.05 bits per heavy atom. The molecule has 1 aromatic rings. The monoisotopic (exact) mass is 307 g/mol. The van der Waals surface area contributed by atoms with Gasteiger partial charge < -0.3 is 15.2 Å². The molecule has 0 radical (unpaired) electrons. The number of benzene rings is 1. The van der Waals surface area contributed by atoms with Crippen molar-refractivity contribution in [2.24, 2.45) is 5.41 Å². The first-order valence-electron chi connectivity index (χ1n) is 8.11. The van der Waals surface area contributed by atoms with Crippen LogP contribution in [0, 0.1) is 19.3 Å². The van der Waals surface area contributed by atoms with Crippen molar-refractivity contribution in [1.82, 2.24) is 5.32 Å². The fourth-order valence-electron chi connectivity index (χ4n) is 3.05. The van der Waals surface area contributed by atoms with Gasteiger partial charge in [0.05, 0.1) is 0 Å². The molecular weight excluding hydrogens is 274 g/mol. The number of β-amino-alcohol motifs (C(OH)–C–C–N with tert-alkyl or cyclic N) is 1. The Kier molecular flexibility index (Phi) is 6.45. The molecule has 0 aliphatic heterocycles. The lowest BCUT2D eigenvalue weighted by molar-refractivity contribution is 0.0943. The minimum atomic E-state index is -0.514. The highest BCUT2D eigenvalue weighted by atomic mass is 16.5. The number of hydrogen-bond donors (Lipinski definition) is 2. The van der Waals surface area contributed by atoms with Crippen LogP contribution < -0.4 is 10.1 Å². The maximum Gasteiger partial charge on any atom is 0.119 e. The lowest BCUT2D eigenvalue weighted by atomic mass is 9.82. The van der Waals surface area contributed by atoms with E-state index in [0.29, 0.717) is 13.2 Å². The van der Waals surface area contributed by atoms with Crippen LogP contribution in [0.2, 0.25) is 0 Å². The Morgan fingerprint density at radius 3 is 2.09 bits per heavy atom. The first-order chi connectivity index (χ1) is 9.97. The molecule has 0 amide bonds. The average Bonchev–Trinajstić information content (AvgIpc) is 2.30. The van der Waals surface area contributed by atoms with E-state index in [2.05, 4.69) is 46.0 Å². The lowest BCUT2D eigenvalue weighted by Gasteiger charge is -2.34. The Hall–Kier alpha value is -1.06. The number of aliphatic hydroxyl groups is 1. The topological polar surface area (TPSA) is 41.5 Å². The van der Waals surface area contributed by atoms with E-state index in [1.165, 1.54) is 11.1 Å². The van der Waals surface area contributed by atoms with Crippen LogP contribution in [0.15, 0.2) is 18.2 Å². The van der Waals surface area contributed by atoms with E-state index in [9.17, 15) is 5.11 Å². The molecule has 3 nitrogen and oxygen atoms in total. The first kappa shape index (κ1) is 19.0. The predicted octanol–water partition coefficient (Wildman–Crippen LogP) is 3.85. The molecular formula is C19H33NO2. The SMILES string of the molecule is Cc1cc(C)cc(OC[C@@H](O)CNC(C)(C)CC(C)(C)C)c1. The summed E-state index contributed by atoms with van der Waals surface area (Å²) in [6, 6.07) is 6.10. The predicted molar refractivity (Wildman–Crippen MR) is 93.6 cm³/mol. The van der Waals surface area contributed by atoms with Gasteiger partial charge in [0.2, 0.25) is 0 Å². The molecule has 0 unspecified atom stereocenters. The van der Waals surface area contributed by atoms with Crippen LogP contribution in [-0.4, -0.2) is 29.9 Å². The molecule has 2 N–H and O–H groups in total. The van der Waals surface area contributed by atoms with E-state index in [0.717, 1.165) is 12.2 Å². The van der Waals surface area contributed by atoms with Gasteiger partial charge in [-0.2, -0.15) is 0 Å². The Morgan fingerprint density at radius 2 is 1.59 bits per heavy atom. The summed E-state index contributed by atoms with van der Waals surface area (Å²) in [5.41, 5.74) is 2.61. The number of nitrogens with one attached hydrogen (secondary N) is 1. The summed E-state index contributed by atoms with van der Waals surface area (Å²) in [6.45, 7) is 16.0. The van der Waals surface area contributed by atoms with Crippen LogP contribution in [0.3, 0.4) is 0 Å². The van der Waals surface area contributed by atoms with Crippen LogP contribution in [0.25, 0.3) is 0 Å². The zero-order valence-corrected chi connectivity index (χ0v) is 15.3. The second-order valence-electron chi connectivity index (χ2n) is 8.29. The molecule has 22 heavy (non-hydrogen) atoms. The van der Waals surface area contributed by atoms with E-state index in [4.69, 9.17) is 4.74 Å². The summed E-state index contributed by atoms with van der Waals surface area (Å²) < 4.78 is 5.71. The maximum absolute atomic E-state index is 10.1. The van der Waals surface area contributed by atoms with Gasteiger partial charge >= 0.3 is 0 Å². The van der Waals surface area contributed by atoms with E-state index >= 15 is 0 Å². The molecule has 1 atom stereocenters. The lowest BCUT2D eigenvalue weighted by Crippen LogP contribution is -2.46. The summed E-state index contributed by atoms with van der Waals surface area (Å²) in [5.74, 6) is 0.825. The zero-order chi connectivity index (χ0) is 17.0. The van der Waals surface area contributed by atoms with Crippen LogP contribution in [-0.2, 0) is 0 Å². The van der Waals surface area contributed by atoms with Gasteiger partial charge in [-0.15, -0.1) is 0 Å². The van der Waals surface area contributed by atoms with Gasteiger partial charge in [0.15, 0.2) is 0 Å². The molecule has 0 aliphatic carbocycles. The van der Waals surface area contributed by atoms with Crippen molar-refractivity contribution in [1.29, 1.82) is 0 Å². The molecule has 0 saturated carbocycles. The third-order valence-corrected chi connectivity index (χ3v) is 3.43. The van der Waals surface area contributed by atoms with Crippen molar-refractivity contribution < 1.29 is 9.84 Å². The maximum atomic E-state index is 10.1. The Labute approximate surface area is 136 Å². The van der Waals surface area contributed by atoms with Crippen molar-refractivity contribution in [3.8, 4) is 5.75 Å². The van der Waals surface area contributed by atoms with Crippen molar-refractivity contribution in [3.63, 3.8) is 0 Å². The molecule has 0 saturated heterocycles. The zero-order valence-electron chi connectivity index (χ0n) is 15.3. The molecule has 0 bridgehead atoms. The molecule has 0 aliphatic rings. The minimum absolute atomic E-state index is 0.000840. The summed E-state index contributed by atoms with van der Waals surface area (Å²) in [7, 11) is 0. The van der Waals surface area contributed by atoms with E-state index in [-0.39, 0.29) is 11.0 Å². The number of rotatable bonds is 7. The van der Waals surface area contributed by atoms with Crippen molar-refractivity contribution in [2.45, 2.75) is 66.5 Å². The standard InChI is InChI=1S/C19H33NO2/c1-14-8-15(2)10-17(9-14)22-12-16(21)11-20-19(6,7)13-18(3,4)5/h8-10,16,20-21H,11-13H2,1-7H3/t16-/m0/s1. The van der Waals surface area contributed by atoms with Gasteiger partial charge in [-0.25, -0.2) is 0 Å². The van der Waals surface area contributed by atoms with Gasteiger partial charge in [0.25, 0.3) is 0 Å². The largest absolute Gasteiger partial charge is 0.491 e. The summed E-state index contributed by atoms with van der Waals surface area (Å²) in [5, 5.41) is 13.6. The van der Waals surface area contributed by atoms with Crippen LogP contribution in [0.4, 0.5) is 0 Å². The molecule has 0 heterocycles. The molecule has 1 rings (SSSR count). The third kappa shape index (κ3) is 7.81. The van der Waals surface area contributed by atoms with Crippen LogP contribution in [0.5, 0.6) is 5.75 Å². The first-order valence-corrected chi connectivity index (χ1v) is 8.11. The van der Waals surface area contributed by atoms with Crippen molar-refractivity contribution >= 4 is 0 Å². The molecule has 0 spiro atoms. The molecule has 0 fully saturated rings. The normalized spacial score (nSPS) is 14.0. The highest BCUT2D eigenvalue weighted by molar-refractivity contribution is 5.32. The van der Waals surface area contributed by atoms with Crippen molar-refractivity contribution in [3.05, 3.63) is 29.3 Å². The second-order valence-corrected chi connectivity index (χ2v) is 8.29. The molecule has 3 heteroatoms. The Balaban J connectivity index is 2.41. The smallest absolute Gasteiger partial charge is 0.119 e. The van der Waals surface area contributed by atoms with Gasteiger partial charge in [0.1, 0.15) is 18.5 Å². The van der Waals surface area contributed by atoms with E-state index < -0.39 is 6.10 Å². The van der Waals surface area contributed by atoms with Gasteiger partial charge in [-0.3, -0.25) is 0 Å². The number of aliphatic hydroxyl groups excluding tert-OH is 1. The van der Waals surface area contributed by atoms with Crippen molar-refractivity contribution in [2.75, 3.05) is 13.2 Å². The number of aryl methyl sites for hydroxylation is 2. The average molecular weight is 307 g/mol. The molecule has 126 valence electrons. The summed E-state index contributed by atoms with van der Waals surface area (Å²) >= 11 is 0. The fraction of sp³-hybridized carbons (Fsp3) is 0.684. The number of ether oxygens (including phenoxy) is 1. The molecule has 1 aromatic carbocycles. The highest BCUT2D eigenvalue weighted by Crippen LogP contribution is 2.26. The summed E-state index contributed by atoms with van der Waals surface area (Å²) in [6.07, 6.45) is 0.532. The number of hydrogen-bond acceptors (Lipinski definition) is 3. The van der Waals surface area contributed by atoms with E-state index in [1.807, 2.05) is 26.0 Å². The summed E-state index contributed by atoms with van der Waals surface area (Å²) in [4.78, 5) is 0. The third-order valence-electron chi connectivity index (χ3n) is 3.43. The van der Waals surface area contributed by atoms with E-state index in [1.54, 1.807) is 0 Å². The Bertz CT molecular complexity index is 455. The van der Waals surface area contributed by atoms with Gasteiger partial charge in [-0.05, 0) is 62.8 Å². The fourth-order valence-corrected chi connectivity index (χ4v) is 3.05. The minimum Gasteiger partial charge on any atom is -0.491 e. The van der Waals surface area contributed by atoms with Gasteiger partial charge in [-0.1, -0.05) is 26.8 Å². The quantitative estimate of drug-likeness (QED) is 0.804.